The van der Waals surface area contributed by atoms with Gasteiger partial charge in [-0.15, -0.1) is 11.8 Å². The minimum Gasteiger partial charge on any atom is -0.272 e. The largest absolute Gasteiger partial charge is 0.272 e. The topological polar surface area (TPSA) is 34.4 Å². The molecule has 1 aliphatic heterocycles. The van der Waals surface area contributed by atoms with E-state index < -0.39 is 0 Å². The number of nitrogens with zero attached hydrogens (tertiary/aromatic N) is 2. The highest BCUT2D eigenvalue weighted by molar-refractivity contribution is 7.98. The average Bonchev–Trinajstić information content (AvgIpc) is 3.18. The Morgan fingerprint density at radius 3 is 2.52 bits per heavy atom. The number of hydrogen-bond acceptors (Lipinski definition) is 4. The highest BCUT2D eigenvalue weighted by Crippen LogP contribution is 2.41. The van der Waals surface area contributed by atoms with Gasteiger partial charge in [-0.3, -0.25) is 9.36 Å². The van der Waals surface area contributed by atoms with Crippen molar-refractivity contribution in [1.29, 1.82) is 0 Å². The van der Waals surface area contributed by atoms with Crippen molar-refractivity contribution in [2.45, 2.75) is 23.8 Å². The maximum Gasteiger partial charge on any atom is 0.271 e. The standard InChI is InChI=1S/C28H22N2OS2/c1-32-21-14-11-18(12-15-21)17-24-27(31)30-26(20-8-3-2-4-9-20)23-16-13-19-7-5-6-10-22(19)25(23)29-28(30)33-24/h2-12,14-15,17,26H,13,16H2,1H3/t26-/m0/s1. The summed E-state index contributed by atoms with van der Waals surface area (Å²) in [7, 11) is 0. The van der Waals surface area contributed by atoms with Crippen molar-refractivity contribution < 1.29 is 0 Å². The van der Waals surface area contributed by atoms with E-state index in [0.29, 0.717) is 0 Å². The lowest BCUT2D eigenvalue weighted by Gasteiger charge is -2.30. The third-order valence-electron chi connectivity index (χ3n) is 6.40. The molecular formula is C28H22N2OS2. The van der Waals surface area contributed by atoms with Gasteiger partial charge in [0.25, 0.3) is 5.56 Å². The molecule has 0 fully saturated rings. The van der Waals surface area contributed by atoms with Gasteiger partial charge in [0.15, 0.2) is 4.80 Å². The van der Waals surface area contributed by atoms with Gasteiger partial charge < -0.3 is 0 Å². The zero-order valence-corrected chi connectivity index (χ0v) is 19.8. The van der Waals surface area contributed by atoms with Gasteiger partial charge in [-0.2, -0.15) is 0 Å². The van der Waals surface area contributed by atoms with E-state index in [1.807, 2.05) is 16.7 Å². The van der Waals surface area contributed by atoms with Crippen molar-refractivity contribution in [3.8, 4) is 0 Å². The maximum absolute atomic E-state index is 13.7. The molecule has 0 amide bonds. The van der Waals surface area contributed by atoms with Crippen LogP contribution in [0.3, 0.4) is 0 Å². The van der Waals surface area contributed by atoms with E-state index in [1.165, 1.54) is 32.9 Å². The number of aryl methyl sites for hydroxylation is 1. The van der Waals surface area contributed by atoms with Crippen LogP contribution in [0.4, 0.5) is 0 Å². The van der Waals surface area contributed by atoms with Crippen molar-refractivity contribution >= 4 is 34.9 Å². The Hall–Kier alpha value is -3.15. The van der Waals surface area contributed by atoms with Gasteiger partial charge >= 0.3 is 0 Å². The van der Waals surface area contributed by atoms with E-state index in [2.05, 4.69) is 79.1 Å². The van der Waals surface area contributed by atoms with Crippen molar-refractivity contribution in [1.82, 2.24) is 4.57 Å². The first-order valence-corrected chi connectivity index (χ1v) is 13.1. The van der Waals surface area contributed by atoms with Gasteiger partial charge in [0.2, 0.25) is 0 Å². The molecule has 0 radical (unpaired) electrons. The Bertz CT molecular complexity index is 1560. The normalized spacial score (nSPS) is 17.2. The summed E-state index contributed by atoms with van der Waals surface area (Å²) < 4.78 is 2.63. The van der Waals surface area contributed by atoms with Crippen molar-refractivity contribution in [2.24, 2.45) is 4.99 Å². The summed E-state index contributed by atoms with van der Waals surface area (Å²) in [4.78, 5) is 20.8. The molecule has 1 aromatic heterocycles. The predicted molar refractivity (Wildman–Crippen MR) is 137 cm³/mol. The first kappa shape index (κ1) is 20.5. The Morgan fingerprint density at radius 2 is 1.73 bits per heavy atom. The summed E-state index contributed by atoms with van der Waals surface area (Å²) in [5.74, 6) is 0. The molecule has 0 saturated heterocycles. The summed E-state index contributed by atoms with van der Waals surface area (Å²) in [5, 5.41) is 0. The third kappa shape index (κ3) is 3.52. The molecule has 33 heavy (non-hydrogen) atoms. The summed E-state index contributed by atoms with van der Waals surface area (Å²) in [5.41, 5.74) is 7.02. The van der Waals surface area contributed by atoms with E-state index in [4.69, 9.17) is 4.99 Å². The fraction of sp³-hybridized carbons (Fsp3) is 0.143. The van der Waals surface area contributed by atoms with Crippen LogP contribution >= 0.6 is 23.1 Å². The fourth-order valence-electron chi connectivity index (χ4n) is 4.81. The first-order chi connectivity index (χ1) is 16.2. The molecular weight excluding hydrogens is 444 g/mol. The van der Waals surface area contributed by atoms with E-state index in [9.17, 15) is 4.79 Å². The first-order valence-electron chi connectivity index (χ1n) is 11.0. The van der Waals surface area contributed by atoms with E-state index >= 15 is 0 Å². The van der Waals surface area contributed by atoms with Crippen LogP contribution in [-0.4, -0.2) is 10.8 Å². The number of thiazole rings is 1. The van der Waals surface area contributed by atoms with E-state index in [-0.39, 0.29) is 11.6 Å². The van der Waals surface area contributed by atoms with Gasteiger partial charge in [-0.05, 0) is 59.6 Å². The third-order valence-corrected chi connectivity index (χ3v) is 8.13. The molecule has 0 saturated carbocycles. The molecule has 0 bridgehead atoms. The minimum atomic E-state index is -0.119. The molecule has 6 rings (SSSR count). The highest BCUT2D eigenvalue weighted by Gasteiger charge is 2.32. The monoisotopic (exact) mass is 466 g/mol. The van der Waals surface area contributed by atoms with Crippen molar-refractivity contribution in [2.75, 3.05) is 6.26 Å². The molecule has 162 valence electrons. The SMILES string of the molecule is CSc1ccc(C=c2sc3n(c2=O)[C@@H](c2ccccc2)C2=C(N=3)c3ccccc3CC2)cc1. The number of benzene rings is 3. The molecule has 5 heteroatoms. The van der Waals surface area contributed by atoms with Crippen LogP contribution in [0.25, 0.3) is 11.8 Å². The van der Waals surface area contributed by atoms with Crippen LogP contribution in [0.15, 0.2) is 99.1 Å². The number of thioether (sulfide) groups is 1. The molecule has 0 spiro atoms. The molecule has 1 aliphatic carbocycles. The summed E-state index contributed by atoms with van der Waals surface area (Å²) in [6, 6.07) is 27.1. The Balaban J connectivity index is 1.59. The number of aromatic nitrogens is 1. The average molecular weight is 467 g/mol. The number of allylic oxidation sites excluding steroid dienone is 1. The van der Waals surface area contributed by atoms with Gasteiger partial charge in [-0.25, -0.2) is 4.99 Å². The zero-order valence-electron chi connectivity index (χ0n) is 18.2. The lowest BCUT2D eigenvalue weighted by atomic mass is 9.83. The molecule has 2 aliphatic rings. The van der Waals surface area contributed by atoms with Crippen LogP contribution in [0, 0.1) is 0 Å². The molecule has 0 unspecified atom stereocenters. The molecule has 2 heterocycles. The molecule has 3 aromatic carbocycles. The molecule has 4 aromatic rings. The smallest absolute Gasteiger partial charge is 0.271 e. The highest BCUT2D eigenvalue weighted by atomic mass is 32.2. The van der Waals surface area contributed by atoms with E-state index in [0.717, 1.165) is 39.0 Å². The Labute approximate surface area is 200 Å². The van der Waals surface area contributed by atoms with E-state index in [1.54, 1.807) is 11.8 Å². The summed E-state index contributed by atoms with van der Waals surface area (Å²) in [6.07, 6.45) is 5.94. The van der Waals surface area contributed by atoms with Gasteiger partial charge in [0, 0.05) is 10.5 Å². The summed E-state index contributed by atoms with van der Waals surface area (Å²) in [6.45, 7) is 0. The predicted octanol–water partition coefficient (Wildman–Crippen LogP) is 5.04. The maximum atomic E-state index is 13.7. The lowest BCUT2D eigenvalue weighted by molar-refractivity contribution is 0.585. The Morgan fingerprint density at radius 1 is 0.970 bits per heavy atom. The number of rotatable bonds is 3. The van der Waals surface area contributed by atoms with Crippen LogP contribution in [0.2, 0.25) is 0 Å². The molecule has 3 nitrogen and oxygen atoms in total. The molecule has 0 N–H and O–H groups in total. The van der Waals surface area contributed by atoms with Gasteiger partial charge in [0.05, 0.1) is 16.3 Å². The van der Waals surface area contributed by atoms with Crippen LogP contribution in [-0.2, 0) is 6.42 Å². The quantitative estimate of drug-likeness (QED) is 0.397. The lowest BCUT2D eigenvalue weighted by Crippen LogP contribution is -2.38. The van der Waals surface area contributed by atoms with Crippen LogP contribution in [0.5, 0.6) is 0 Å². The fourth-order valence-corrected chi connectivity index (χ4v) is 6.22. The number of hydrogen-bond donors (Lipinski definition) is 0. The van der Waals surface area contributed by atoms with Crippen molar-refractivity contribution in [3.05, 3.63) is 126 Å². The second-order valence-corrected chi connectivity index (χ2v) is 10.2. The van der Waals surface area contributed by atoms with Crippen LogP contribution in [0.1, 0.15) is 34.7 Å². The number of fused-ring (bicyclic) bond motifs is 3. The van der Waals surface area contributed by atoms with Crippen LogP contribution < -0.4 is 14.9 Å². The second-order valence-electron chi connectivity index (χ2n) is 8.30. The second kappa shape index (κ2) is 8.32. The Kier molecular flexibility index (Phi) is 5.16. The molecule has 1 atom stereocenters. The van der Waals surface area contributed by atoms with Gasteiger partial charge in [0.1, 0.15) is 0 Å². The zero-order chi connectivity index (χ0) is 22.4. The van der Waals surface area contributed by atoms with Gasteiger partial charge in [-0.1, -0.05) is 78.1 Å². The summed E-state index contributed by atoms with van der Waals surface area (Å²) >= 11 is 3.20. The van der Waals surface area contributed by atoms with Crippen molar-refractivity contribution in [3.63, 3.8) is 0 Å². The minimum absolute atomic E-state index is 0.0342.